The Morgan fingerprint density at radius 2 is 1.73 bits per heavy atom. The molecule has 0 aliphatic heterocycles. The average molecular weight is 394 g/mol. The molecule has 1 unspecified atom stereocenters. The Bertz CT molecular complexity index is 347. The van der Waals surface area contributed by atoms with Crippen LogP contribution < -0.4 is 0 Å². The Labute approximate surface area is 151 Å². The molecule has 3 nitrogen and oxygen atoms in total. The maximum absolute atomic E-state index is 6.16. The summed E-state index contributed by atoms with van der Waals surface area (Å²) in [5.41, 5.74) is -0.993. The minimum Gasteiger partial charge on any atom is -0.316 e. The maximum Gasteiger partial charge on any atom is 0.333 e. The van der Waals surface area contributed by atoms with E-state index in [0.29, 0.717) is 17.8 Å². The van der Waals surface area contributed by atoms with E-state index in [1.807, 2.05) is 0 Å². The average Bonchev–Trinajstić information content (AvgIpc) is 2.35. The molecule has 0 saturated heterocycles. The zero-order valence-corrected chi connectivity index (χ0v) is 17.4. The number of alkyl halides is 3. The normalized spacial score (nSPS) is 28.9. The van der Waals surface area contributed by atoms with Gasteiger partial charge in [0.25, 0.3) is 0 Å². The second-order valence-corrected chi connectivity index (χ2v) is 10.5. The third-order valence-electron chi connectivity index (χ3n) is 4.32. The number of halogens is 3. The highest BCUT2D eigenvalue weighted by atomic mass is 35.6. The molecule has 0 aromatic rings. The quantitative estimate of drug-likeness (QED) is 0.380. The van der Waals surface area contributed by atoms with Gasteiger partial charge in [0.1, 0.15) is 5.60 Å². The smallest absolute Gasteiger partial charge is 0.316 e. The predicted octanol–water partition coefficient (Wildman–Crippen LogP) is 6.50. The zero-order chi connectivity index (χ0) is 17.1. The van der Waals surface area contributed by atoms with E-state index in [-0.39, 0.29) is 6.10 Å². The standard InChI is InChI=1S/C15H28Cl3O3P/c1-10(2)12-8-7-11(3)9-13(12)20-22(19-6)21-14(4,5)15(16,17)18/h10-13H,7-9H2,1-6H3/t11-,12+,13-,22?/m1/s1. The van der Waals surface area contributed by atoms with Crippen molar-refractivity contribution < 1.29 is 13.6 Å². The topological polar surface area (TPSA) is 27.7 Å². The molecule has 4 atom stereocenters. The molecular weight excluding hydrogens is 365 g/mol. The highest BCUT2D eigenvalue weighted by Gasteiger charge is 2.45. The highest BCUT2D eigenvalue weighted by Crippen LogP contribution is 2.53. The molecule has 7 heteroatoms. The van der Waals surface area contributed by atoms with E-state index in [0.717, 1.165) is 6.42 Å². The summed E-state index contributed by atoms with van der Waals surface area (Å²) in [6.45, 7) is 10.2. The Morgan fingerprint density at radius 1 is 1.14 bits per heavy atom. The van der Waals surface area contributed by atoms with Gasteiger partial charge in [-0.1, -0.05) is 62.0 Å². The van der Waals surface area contributed by atoms with E-state index in [9.17, 15) is 0 Å². The van der Waals surface area contributed by atoms with Crippen molar-refractivity contribution in [3.63, 3.8) is 0 Å². The van der Waals surface area contributed by atoms with Gasteiger partial charge in [-0.2, -0.15) is 0 Å². The van der Waals surface area contributed by atoms with E-state index in [4.69, 9.17) is 48.4 Å². The fraction of sp³-hybridized carbons (Fsp3) is 1.00. The van der Waals surface area contributed by atoms with Crippen molar-refractivity contribution in [3.8, 4) is 0 Å². The summed E-state index contributed by atoms with van der Waals surface area (Å²) in [5.74, 6) is 1.72. The minimum absolute atomic E-state index is 0.126. The Kier molecular flexibility index (Phi) is 8.22. The zero-order valence-electron chi connectivity index (χ0n) is 14.2. The van der Waals surface area contributed by atoms with E-state index in [2.05, 4.69) is 20.8 Å². The third kappa shape index (κ3) is 5.92. The lowest BCUT2D eigenvalue weighted by atomic mass is 9.75. The maximum atomic E-state index is 6.16. The number of hydrogen-bond acceptors (Lipinski definition) is 3. The summed E-state index contributed by atoms with van der Waals surface area (Å²) in [5, 5.41) is 0. The van der Waals surface area contributed by atoms with Crippen LogP contribution in [0.5, 0.6) is 0 Å². The molecule has 0 bridgehead atoms. The van der Waals surface area contributed by atoms with E-state index in [1.165, 1.54) is 12.8 Å². The Balaban J connectivity index is 2.74. The van der Waals surface area contributed by atoms with Gasteiger partial charge in [-0.25, -0.2) is 0 Å². The van der Waals surface area contributed by atoms with Crippen molar-refractivity contribution in [3.05, 3.63) is 0 Å². The van der Waals surface area contributed by atoms with E-state index in [1.54, 1.807) is 21.0 Å². The predicted molar refractivity (Wildman–Crippen MR) is 95.6 cm³/mol. The number of hydrogen-bond donors (Lipinski definition) is 0. The van der Waals surface area contributed by atoms with Gasteiger partial charge in [-0.15, -0.1) is 0 Å². The molecule has 1 rings (SSSR count). The van der Waals surface area contributed by atoms with Crippen LogP contribution in [0.1, 0.15) is 53.9 Å². The molecule has 1 aliphatic carbocycles. The van der Waals surface area contributed by atoms with Crippen LogP contribution in [-0.4, -0.2) is 22.6 Å². The summed E-state index contributed by atoms with van der Waals surface area (Å²) in [6.07, 6.45) is 3.56. The molecule has 0 heterocycles. The van der Waals surface area contributed by atoms with Gasteiger partial charge < -0.3 is 13.6 Å². The van der Waals surface area contributed by atoms with Crippen LogP contribution in [0.3, 0.4) is 0 Å². The summed E-state index contributed by atoms with van der Waals surface area (Å²) in [6, 6.07) is 0. The van der Waals surface area contributed by atoms with Gasteiger partial charge in [0.2, 0.25) is 3.79 Å². The van der Waals surface area contributed by atoms with E-state index < -0.39 is 18.0 Å². The summed E-state index contributed by atoms with van der Waals surface area (Å²) < 4.78 is 15.8. The summed E-state index contributed by atoms with van der Waals surface area (Å²) in [4.78, 5) is 0. The molecule has 0 spiro atoms. The first-order valence-electron chi connectivity index (χ1n) is 7.74. The molecule has 0 aromatic carbocycles. The van der Waals surface area contributed by atoms with Gasteiger partial charge >= 0.3 is 8.60 Å². The molecule has 0 aromatic heterocycles. The van der Waals surface area contributed by atoms with Crippen LogP contribution in [0.15, 0.2) is 0 Å². The lowest BCUT2D eigenvalue weighted by Crippen LogP contribution is -2.39. The van der Waals surface area contributed by atoms with Crippen molar-refractivity contribution in [2.24, 2.45) is 17.8 Å². The van der Waals surface area contributed by atoms with Crippen molar-refractivity contribution >= 4 is 43.4 Å². The Morgan fingerprint density at radius 3 is 2.18 bits per heavy atom. The second kappa shape index (κ2) is 8.52. The summed E-state index contributed by atoms with van der Waals surface area (Å²) >= 11 is 17.9. The fourth-order valence-corrected chi connectivity index (χ4v) is 4.14. The molecule has 22 heavy (non-hydrogen) atoms. The summed E-state index contributed by atoms with van der Waals surface area (Å²) in [7, 11) is 0.00888. The molecule has 1 saturated carbocycles. The van der Waals surface area contributed by atoms with Crippen LogP contribution in [-0.2, 0) is 13.6 Å². The minimum atomic E-state index is -1.56. The van der Waals surface area contributed by atoms with Crippen molar-refractivity contribution in [2.45, 2.75) is 69.4 Å². The van der Waals surface area contributed by atoms with Gasteiger partial charge in [-0.3, -0.25) is 0 Å². The highest BCUT2D eigenvalue weighted by molar-refractivity contribution is 7.41. The monoisotopic (exact) mass is 392 g/mol. The largest absolute Gasteiger partial charge is 0.333 e. The number of rotatable bonds is 6. The van der Waals surface area contributed by atoms with Crippen molar-refractivity contribution in [1.82, 2.24) is 0 Å². The van der Waals surface area contributed by atoms with Crippen LogP contribution in [0.2, 0.25) is 0 Å². The van der Waals surface area contributed by atoms with Gasteiger partial charge in [0.05, 0.1) is 6.10 Å². The first-order valence-corrected chi connectivity index (χ1v) is 9.97. The van der Waals surface area contributed by atoms with Crippen LogP contribution in [0.25, 0.3) is 0 Å². The molecule has 1 aliphatic rings. The van der Waals surface area contributed by atoms with Gasteiger partial charge in [-0.05, 0) is 44.4 Å². The molecule has 1 fully saturated rings. The van der Waals surface area contributed by atoms with Crippen LogP contribution in [0, 0.1) is 17.8 Å². The first-order chi connectivity index (χ1) is 9.98. The van der Waals surface area contributed by atoms with Crippen molar-refractivity contribution in [2.75, 3.05) is 7.11 Å². The second-order valence-electron chi connectivity index (χ2n) is 6.98. The van der Waals surface area contributed by atoms with Crippen molar-refractivity contribution in [1.29, 1.82) is 0 Å². The van der Waals surface area contributed by atoms with Gasteiger partial charge in [0.15, 0.2) is 0 Å². The molecule has 0 N–H and O–H groups in total. The van der Waals surface area contributed by atoms with Crippen LogP contribution in [0.4, 0.5) is 0 Å². The molecule has 0 radical (unpaired) electrons. The molecular formula is C15H28Cl3O3P. The van der Waals surface area contributed by atoms with E-state index >= 15 is 0 Å². The lowest BCUT2D eigenvalue weighted by molar-refractivity contribution is 0.00417. The Hall–Kier alpha value is 1.18. The first kappa shape index (κ1) is 21.2. The third-order valence-corrected chi connectivity index (χ3v) is 7.03. The van der Waals surface area contributed by atoms with Crippen LogP contribution >= 0.6 is 43.4 Å². The molecule has 0 amide bonds. The SMILES string of the molecule is COP(O[C@@H]1C[C@H](C)CC[C@H]1C(C)C)OC(C)(C)C(Cl)(Cl)Cl. The van der Waals surface area contributed by atoms with Gasteiger partial charge in [0, 0.05) is 7.11 Å². The fourth-order valence-electron chi connectivity index (χ4n) is 2.69. The lowest BCUT2D eigenvalue weighted by Gasteiger charge is -2.40. The molecule has 132 valence electrons.